The molecular weight excluding hydrogens is 254 g/mol. The number of alkyl halides is 1. The lowest BCUT2D eigenvalue weighted by Gasteiger charge is -2.02. The summed E-state index contributed by atoms with van der Waals surface area (Å²) in [6.07, 6.45) is 0. The van der Waals surface area contributed by atoms with Gasteiger partial charge in [-0.3, -0.25) is 0 Å². The molecule has 1 aromatic heterocycles. The lowest BCUT2D eigenvalue weighted by Crippen LogP contribution is -1.93. The van der Waals surface area contributed by atoms with E-state index in [2.05, 4.69) is 40.0 Å². The summed E-state index contributed by atoms with van der Waals surface area (Å²) in [5, 5.41) is 2.20. The van der Waals surface area contributed by atoms with Gasteiger partial charge in [0.2, 0.25) is 0 Å². The van der Waals surface area contributed by atoms with Crippen LogP contribution in [0.4, 0.5) is 0 Å². The monoisotopic (exact) mass is 267 g/mol. The van der Waals surface area contributed by atoms with E-state index in [-0.39, 0.29) is 0 Å². The fourth-order valence-electron chi connectivity index (χ4n) is 1.60. The number of H-pyrrole nitrogens is 1. The Kier molecular flexibility index (Phi) is 3.00. The molecule has 15 heavy (non-hydrogen) atoms. The first kappa shape index (κ1) is 10.6. The van der Waals surface area contributed by atoms with Crippen molar-refractivity contribution in [2.45, 2.75) is 12.8 Å². The second-order valence-corrected chi connectivity index (χ2v) is 4.38. The van der Waals surface area contributed by atoms with Crippen LogP contribution >= 0.6 is 15.9 Å². The van der Waals surface area contributed by atoms with Gasteiger partial charge in [0.05, 0.1) is 7.11 Å². The number of ether oxygens (including phenoxy) is 1. The van der Waals surface area contributed by atoms with Gasteiger partial charge in [-0.2, -0.15) is 0 Å². The maximum absolute atomic E-state index is 5.19. The molecule has 0 radical (unpaired) electrons. The van der Waals surface area contributed by atoms with Crippen LogP contribution < -0.4 is 4.74 Å². The number of fused-ring (bicyclic) bond motifs is 1. The molecule has 2 aromatic rings. The molecule has 0 fully saturated rings. The highest BCUT2D eigenvalue weighted by Gasteiger charge is 2.07. The van der Waals surface area contributed by atoms with Gasteiger partial charge in [-0.05, 0) is 23.6 Å². The second-order valence-electron chi connectivity index (χ2n) is 3.73. The van der Waals surface area contributed by atoms with Gasteiger partial charge < -0.3 is 9.72 Å². The molecule has 0 saturated carbocycles. The minimum Gasteiger partial charge on any atom is -0.497 e. The number of aromatic amines is 1. The number of hydrogen-bond donors (Lipinski definition) is 1. The highest BCUT2D eigenvalue weighted by molar-refractivity contribution is 9.09. The van der Waals surface area contributed by atoms with Crippen molar-refractivity contribution in [2.24, 2.45) is 0 Å². The molecule has 1 aromatic carbocycles. The zero-order chi connectivity index (χ0) is 10.8. The fourth-order valence-corrected chi connectivity index (χ4v) is 1.95. The summed E-state index contributed by atoms with van der Waals surface area (Å²) >= 11 is 3.49. The molecule has 80 valence electrons. The standard InChI is InChI=1S/C12H14BrNO/c1-8(7-13)11-5-9-3-4-10(15-2)6-12(9)14-11/h3-6,8,14H,7H2,1-2H3. The van der Waals surface area contributed by atoms with Crippen LogP contribution in [0.2, 0.25) is 0 Å². The average molecular weight is 268 g/mol. The van der Waals surface area contributed by atoms with E-state index in [9.17, 15) is 0 Å². The molecule has 3 heteroatoms. The first-order valence-electron chi connectivity index (χ1n) is 4.97. The summed E-state index contributed by atoms with van der Waals surface area (Å²) in [5.41, 5.74) is 2.40. The van der Waals surface area contributed by atoms with Gasteiger partial charge >= 0.3 is 0 Å². The third-order valence-corrected chi connectivity index (χ3v) is 3.58. The van der Waals surface area contributed by atoms with Crippen molar-refractivity contribution in [1.29, 1.82) is 0 Å². The van der Waals surface area contributed by atoms with Gasteiger partial charge in [0, 0.05) is 28.5 Å². The minimum absolute atomic E-state index is 0.503. The van der Waals surface area contributed by atoms with Crippen LogP contribution in [-0.4, -0.2) is 17.4 Å². The highest BCUT2D eigenvalue weighted by atomic mass is 79.9. The van der Waals surface area contributed by atoms with Crippen LogP contribution in [0.15, 0.2) is 24.3 Å². The fraction of sp³-hybridized carbons (Fsp3) is 0.333. The molecule has 0 aliphatic carbocycles. The third kappa shape index (κ3) is 2.02. The van der Waals surface area contributed by atoms with Gasteiger partial charge in [0.1, 0.15) is 5.75 Å². The molecular formula is C12H14BrNO. The number of hydrogen-bond acceptors (Lipinski definition) is 1. The van der Waals surface area contributed by atoms with E-state index in [1.54, 1.807) is 7.11 Å². The Morgan fingerprint density at radius 3 is 2.87 bits per heavy atom. The maximum Gasteiger partial charge on any atom is 0.120 e. The van der Waals surface area contributed by atoms with Crippen molar-refractivity contribution in [1.82, 2.24) is 4.98 Å². The van der Waals surface area contributed by atoms with Crippen molar-refractivity contribution < 1.29 is 4.74 Å². The van der Waals surface area contributed by atoms with E-state index in [1.165, 1.54) is 11.1 Å². The number of methoxy groups -OCH3 is 1. The van der Waals surface area contributed by atoms with Crippen LogP contribution in [0.1, 0.15) is 18.5 Å². The Bertz CT molecular complexity index is 464. The van der Waals surface area contributed by atoms with Crippen molar-refractivity contribution in [2.75, 3.05) is 12.4 Å². The predicted octanol–water partition coefficient (Wildman–Crippen LogP) is 3.67. The van der Waals surface area contributed by atoms with Gasteiger partial charge in [-0.1, -0.05) is 22.9 Å². The van der Waals surface area contributed by atoms with E-state index >= 15 is 0 Å². The molecule has 1 unspecified atom stereocenters. The zero-order valence-electron chi connectivity index (χ0n) is 8.88. The Labute approximate surface area is 97.8 Å². The summed E-state index contributed by atoms with van der Waals surface area (Å²) in [7, 11) is 1.69. The van der Waals surface area contributed by atoms with Crippen LogP contribution in [0.25, 0.3) is 10.9 Å². The summed E-state index contributed by atoms with van der Waals surface area (Å²) in [6, 6.07) is 8.29. The van der Waals surface area contributed by atoms with Crippen molar-refractivity contribution >= 4 is 26.8 Å². The van der Waals surface area contributed by atoms with E-state index in [1.807, 2.05) is 12.1 Å². The number of halogens is 1. The molecule has 1 N–H and O–H groups in total. The van der Waals surface area contributed by atoms with E-state index < -0.39 is 0 Å². The SMILES string of the molecule is COc1ccc2cc(C(C)CBr)[nH]c2c1. The van der Waals surface area contributed by atoms with Crippen LogP contribution in [0, 0.1) is 0 Å². The largest absolute Gasteiger partial charge is 0.497 e. The summed E-state index contributed by atoms with van der Waals surface area (Å²) < 4.78 is 5.19. The van der Waals surface area contributed by atoms with Gasteiger partial charge in [0.25, 0.3) is 0 Å². The second kappa shape index (κ2) is 4.27. The summed E-state index contributed by atoms with van der Waals surface area (Å²) in [6.45, 7) is 2.19. The molecule has 0 amide bonds. The zero-order valence-corrected chi connectivity index (χ0v) is 10.5. The molecule has 1 atom stereocenters. The highest BCUT2D eigenvalue weighted by Crippen LogP contribution is 2.25. The quantitative estimate of drug-likeness (QED) is 0.844. The molecule has 0 saturated heterocycles. The molecule has 0 spiro atoms. The summed E-state index contributed by atoms with van der Waals surface area (Å²) in [4.78, 5) is 3.41. The molecule has 1 heterocycles. The van der Waals surface area contributed by atoms with Crippen molar-refractivity contribution in [3.8, 4) is 5.75 Å². The Balaban J connectivity index is 2.46. The molecule has 0 aliphatic rings. The minimum atomic E-state index is 0.503. The van der Waals surface area contributed by atoms with Crippen LogP contribution in [0.5, 0.6) is 5.75 Å². The van der Waals surface area contributed by atoms with Crippen LogP contribution in [-0.2, 0) is 0 Å². The Hall–Kier alpha value is -0.960. The number of rotatable bonds is 3. The van der Waals surface area contributed by atoms with Crippen LogP contribution in [0.3, 0.4) is 0 Å². The first-order valence-corrected chi connectivity index (χ1v) is 6.09. The predicted molar refractivity (Wildman–Crippen MR) is 67.1 cm³/mol. The smallest absolute Gasteiger partial charge is 0.120 e. The third-order valence-electron chi connectivity index (χ3n) is 2.61. The van der Waals surface area contributed by atoms with Gasteiger partial charge in [0.15, 0.2) is 0 Å². The van der Waals surface area contributed by atoms with E-state index in [0.29, 0.717) is 5.92 Å². The van der Waals surface area contributed by atoms with E-state index in [0.717, 1.165) is 16.6 Å². The normalized spacial score (nSPS) is 13.0. The molecule has 0 bridgehead atoms. The lowest BCUT2D eigenvalue weighted by atomic mass is 10.1. The summed E-state index contributed by atoms with van der Waals surface area (Å²) in [5.74, 6) is 1.39. The number of benzene rings is 1. The molecule has 2 nitrogen and oxygen atoms in total. The van der Waals surface area contributed by atoms with Gasteiger partial charge in [-0.15, -0.1) is 0 Å². The Morgan fingerprint density at radius 2 is 2.20 bits per heavy atom. The number of aromatic nitrogens is 1. The topological polar surface area (TPSA) is 25.0 Å². The number of nitrogens with one attached hydrogen (secondary N) is 1. The average Bonchev–Trinajstić information content (AvgIpc) is 2.70. The first-order chi connectivity index (χ1) is 7.24. The molecule has 0 aliphatic heterocycles. The Morgan fingerprint density at radius 1 is 1.40 bits per heavy atom. The van der Waals surface area contributed by atoms with Crippen molar-refractivity contribution in [3.63, 3.8) is 0 Å². The van der Waals surface area contributed by atoms with E-state index in [4.69, 9.17) is 4.74 Å². The van der Waals surface area contributed by atoms with Crippen molar-refractivity contribution in [3.05, 3.63) is 30.0 Å². The molecule has 2 rings (SSSR count). The lowest BCUT2D eigenvalue weighted by molar-refractivity contribution is 0.415. The van der Waals surface area contributed by atoms with Gasteiger partial charge in [-0.25, -0.2) is 0 Å². The maximum atomic E-state index is 5.19.